The van der Waals surface area contributed by atoms with Gasteiger partial charge >= 0.3 is 5.69 Å². The average molecular weight is 1060 g/mol. The van der Waals surface area contributed by atoms with Crippen molar-refractivity contribution in [2.75, 3.05) is 83.0 Å². The monoisotopic (exact) mass is 1060 g/mol. The summed E-state index contributed by atoms with van der Waals surface area (Å²) in [5.41, 5.74) is 4.36. The number of carbonyl (C=O) groups excluding carboxylic acids is 1. The molecule has 21 heteroatoms. The number of anilines is 2. The molecule has 3 aliphatic heterocycles. The van der Waals surface area contributed by atoms with Gasteiger partial charge in [0.1, 0.15) is 27.9 Å². The molecule has 0 unspecified atom stereocenters. The smallest absolute Gasteiger partial charge is 0.312 e. The molecule has 1 saturated carbocycles. The summed E-state index contributed by atoms with van der Waals surface area (Å²) in [6, 6.07) is 25.1. The second kappa shape index (κ2) is 22.4. The van der Waals surface area contributed by atoms with Gasteiger partial charge in [-0.1, -0.05) is 50.2 Å². The first-order valence-corrected chi connectivity index (χ1v) is 27.4. The number of pyridine rings is 2. The maximum absolute atomic E-state index is 15.0. The maximum atomic E-state index is 15.0. The number of hydrogen-bond donors (Lipinski definition) is 3. The minimum atomic E-state index is -4.75. The Kier molecular flexibility index (Phi) is 15.5. The highest BCUT2D eigenvalue weighted by Crippen LogP contribution is 2.53. The summed E-state index contributed by atoms with van der Waals surface area (Å²) < 4.78 is 73.4. The Bertz CT molecular complexity index is 3170. The number of halogens is 1. The minimum Gasteiger partial charge on any atom is -0.497 e. The van der Waals surface area contributed by atoms with E-state index in [0.29, 0.717) is 25.2 Å². The van der Waals surface area contributed by atoms with Gasteiger partial charge in [-0.3, -0.25) is 24.7 Å². The van der Waals surface area contributed by atoms with Crippen LogP contribution in [0.2, 0.25) is 0 Å². The van der Waals surface area contributed by atoms with E-state index in [4.69, 9.17) is 23.7 Å². The number of amides is 1. The third-order valence-electron chi connectivity index (χ3n) is 15.3. The molecule has 6 heterocycles. The summed E-state index contributed by atoms with van der Waals surface area (Å²) in [5.74, 6) is -0.658. The van der Waals surface area contributed by atoms with Crippen molar-refractivity contribution in [1.82, 2.24) is 29.5 Å². The van der Waals surface area contributed by atoms with Gasteiger partial charge in [0.25, 0.3) is 21.8 Å². The molecule has 3 aromatic carbocycles. The highest BCUT2D eigenvalue weighted by Gasteiger charge is 2.50. The van der Waals surface area contributed by atoms with Crippen molar-refractivity contribution < 1.29 is 46.2 Å². The molecule has 4 fully saturated rings. The lowest BCUT2D eigenvalue weighted by Crippen LogP contribution is -2.60. The van der Waals surface area contributed by atoms with E-state index in [2.05, 4.69) is 89.9 Å². The van der Waals surface area contributed by atoms with E-state index in [0.717, 1.165) is 94.8 Å². The van der Waals surface area contributed by atoms with Crippen LogP contribution in [0, 0.1) is 21.3 Å². The number of piperidine rings is 1. The highest BCUT2D eigenvalue weighted by molar-refractivity contribution is 7.90. The molecule has 10 rings (SSSR count). The maximum Gasteiger partial charge on any atom is 0.312 e. The van der Waals surface area contributed by atoms with Crippen molar-refractivity contribution in [3.05, 3.63) is 129 Å². The Hall–Kier alpha value is -6.91. The molecule has 3 saturated heterocycles. The predicted octanol–water partition coefficient (Wildman–Crippen LogP) is 8.58. The van der Waals surface area contributed by atoms with Gasteiger partial charge in [-0.2, -0.15) is 4.98 Å². The molecule has 6 aromatic rings. The van der Waals surface area contributed by atoms with Crippen LogP contribution in [-0.2, 0) is 26.0 Å². The number of nitro groups is 1. The third-order valence-corrected chi connectivity index (χ3v) is 16.6. The Morgan fingerprint density at radius 2 is 1.80 bits per heavy atom. The van der Waals surface area contributed by atoms with Gasteiger partial charge in [-0.05, 0) is 84.9 Å². The summed E-state index contributed by atoms with van der Waals surface area (Å²) in [5, 5.41) is 15.1. The minimum absolute atomic E-state index is 0.0102. The number of H-pyrrole nitrogens is 1. The van der Waals surface area contributed by atoms with Gasteiger partial charge in [0.2, 0.25) is 5.82 Å². The molecule has 1 spiro atoms. The van der Waals surface area contributed by atoms with Crippen LogP contribution in [0.15, 0.2) is 96.2 Å². The molecular formula is C55H64FN9O10S. The SMILES string of the molecule is CCOc1nc2[nH]cc(F)c2cc1Oc1cc(N2CCC3(CC2)CC(N2CCN(Cc4ccc(OC)cc4)C[C@H]2c2ccccc2C(C)C)C3)ccc1C(=O)NS(=O)(=O)c1cnc(NC[C@H]2COCCO2)c([N+](=O)[O-])c1. The van der Waals surface area contributed by atoms with E-state index in [1.165, 1.54) is 28.8 Å². The summed E-state index contributed by atoms with van der Waals surface area (Å²) >= 11 is 0. The highest BCUT2D eigenvalue weighted by atomic mass is 32.2. The number of ether oxygens (including phenoxy) is 5. The molecule has 4 aliphatic rings. The number of benzene rings is 3. The molecule has 2 atom stereocenters. The zero-order valence-corrected chi connectivity index (χ0v) is 43.9. The topological polar surface area (TPSA) is 216 Å². The Morgan fingerprint density at radius 3 is 2.53 bits per heavy atom. The zero-order chi connectivity index (χ0) is 53.1. The van der Waals surface area contributed by atoms with Crippen LogP contribution in [0.3, 0.4) is 0 Å². The number of nitrogens with zero attached hydrogens (tertiary/aromatic N) is 6. The number of rotatable bonds is 18. The van der Waals surface area contributed by atoms with E-state index in [1.807, 2.05) is 12.1 Å². The van der Waals surface area contributed by atoms with Crippen molar-refractivity contribution in [2.24, 2.45) is 5.41 Å². The number of fused-ring (bicyclic) bond motifs is 1. The fourth-order valence-electron chi connectivity index (χ4n) is 11.2. The fraction of sp³-hybridized carbons (Fsp3) is 0.436. The number of nitrogens with one attached hydrogen (secondary N) is 3. The van der Waals surface area contributed by atoms with Gasteiger partial charge in [-0.25, -0.2) is 22.5 Å². The number of aromatic nitrogens is 3. The van der Waals surface area contributed by atoms with Crippen LogP contribution >= 0.6 is 0 Å². The quantitative estimate of drug-likeness (QED) is 0.0543. The van der Waals surface area contributed by atoms with Crippen LogP contribution in [0.1, 0.15) is 85.5 Å². The van der Waals surface area contributed by atoms with Gasteiger partial charge in [-0.15, -0.1) is 0 Å². The first-order chi connectivity index (χ1) is 36.7. The van der Waals surface area contributed by atoms with Gasteiger partial charge in [0.05, 0.1) is 61.7 Å². The molecule has 402 valence electrons. The summed E-state index contributed by atoms with van der Waals surface area (Å²) in [6.45, 7) is 12.9. The normalized spacial score (nSPS) is 19.4. The lowest BCUT2D eigenvalue weighted by atomic mass is 9.59. The van der Waals surface area contributed by atoms with Crippen LogP contribution in [-0.4, -0.2) is 129 Å². The van der Waals surface area contributed by atoms with Crippen molar-refractivity contribution >= 4 is 44.2 Å². The van der Waals surface area contributed by atoms with E-state index < -0.39 is 43.4 Å². The predicted molar refractivity (Wildman–Crippen MR) is 283 cm³/mol. The Morgan fingerprint density at radius 1 is 1.01 bits per heavy atom. The molecule has 3 N–H and O–H groups in total. The van der Waals surface area contributed by atoms with E-state index >= 15 is 0 Å². The Labute approximate surface area is 441 Å². The van der Waals surface area contributed by atoms with E-state index in [1.54, 1.807) is 26.2 Å². The fourth-order valence-corrected chi connectivity index (χ4v) is 12.1. The first-order valence-electron chi connectivity index (χ1n) is 25.9. The summed E-state index contributed by atoms with van der Waals surface area (Å²) in [7, 11) is -3.06. The van der Waals surface area contributed by atoms with Gasteiger partial charge in [0.15, 0.2) is 5.75 Å². The molecular weight excluding hydrogens is 998 g/mol. The molecule has 0 bridgehead atoms. The largest absolute Gasteiger partial charge is 0.497 e. The summed E-state index contributed by atoms with van der Waals surface area (Å²) in [6.07, 6.45) is 5.77. The molecule has 3 aromatic heterocycles. The average Bonchev–Trinajstić information content (AvgIpc) is 3.83. The van der Waals surface area contributed by atoms with Crippen LogP contribution in [0.5, 0.6) is 23.1 Å². The number of sulfonamides is 1. The van der Waals surface area contributed by atoms with Gasteiger partial charge in [0, 0.05) is 88.0 Å². The van der Waals surface area contributed by atoms with Crippen molar-refractivity contribution in [2.45, 2.75) is 82.0 Å². The van der Waals surface area contributed by atoms with Crippen LogP contribution < -0.4 is 29.1 Å². The number of hydrogen-bond acceptors (Lipinski definition) is 16. The lowest BCUT2D eigenvalue weighted by molar-refractivity contribution is -0.384. The molecule has 1 amide bonds. The summed E-state index contributed by atoms with van der Waals surface area (Å²) in [4.78, 5) is 43.8. The molecule has 76 heavy (non-hydrogen) atoms. The molecule has 0 radical (unpaired) electrons. The van der Waals surface area contributed by atoms with Crippen molar-refractivity contribution in [1.29, 1.82) is 0 Å². The number of aromatic amines is 1. The van der Waals surface area contributed by atoms with Crippen molar-refractivity contribution in [3.8, 4) is 23.1 Å². The standard InChI is InChI=1S/C55H64FN9O10S/c1-5-73-54-50(26-45-46(56)31-59-51(45)60-54)75-49-24-37(12-15-44(49)53(66)61-76(69,70)41-25-47(65(67)68)52(58-30-41)57-29-40-34-72-22-23-74-40)63-18-16-55(17-19-63)27-38(28-55)64-21-20-62(32-36-10-13-39(71-4)14-11-36)33-48(64)43-9-7-6-8-42(43)35(2)3/h6-15,24-26,30-31,35,38,40,48H,5,16-23,27-29,32-34H2,1-4H3,(H,57,58)(H,59,60)(H,61,66)/t40-,48-/m0/s1. The van der Waals surface area contributed by atoms with Crippen LogP contribution in [0.4, 0.5) is 21.6 Å². The van der Waals surface area contributed by atoms with Gasteiger partial charge < -0.3 is 38.9 Å². The zero-order valence-electron chi connectivity index (χ0n) is 43.1. The van der Waals surface area contributed by atoms with Crippen LogP contribution in [0.25, 0.3) is 11.0 Å². The lowest BCUT2D eigenvalue weighted by Gasteiger charge is -2.58. The van der Waals surface area contributed by atoms with Crippen molar-refractivity contribution in [3.63, 3.8) is 0 Å². The van der Waals surface area contributed by atoms with E-state index in [-0.39, 0.29) is 71.0 Å². The third kappa shape index (κ3) is 11.3. The number of piperazine rings is 1. The Balaban J connectivity index is 0.868. The molecule has 1 aliphatic carbocycles. The van der Waals surface area contributed by atoms with E-state index in [9.17, 15) is 27.7 Å². The second-order valence-corrected chi connectivity index (χ2v) is 22.1. The second-order valence-electron chi connectivity index (χ2n) is 20.4. The molecule has 19 nitrogen and oxygen atoms in total. The number of carbonyl (C=O) groups is 1. The first kappa shape index (κ1) is 52.5. The number of methoxy groups -OCH3 is 1.